The Morgan fingerprint density at radius 1 is 1.04 bits per heavy atom. The van der Waals surface area contributed by atoms with Gasteiger partial charge in [-0.3, -0.25) is 0 Å². The normalized spacial score (nSPS) is 10.6. The lowest BCUT2D eigenvalue weighted by molar-refractivity contribution is 0.480. The zero-order valence-electron chi connectivity index (χ0n) is 15.8. The van der Waals surface area contributed by atoms with Crippen molar-refractivity contribution in [3.63, 3.8) is 0 Å². The number of rotatable bonds is 4. The van der Waals surface area contributed by atoms with Crippen LogP contribution in [0.4, 0.5) is 11.5 Å². The summed E-state index contributed by atoms with van der Waals surface area (Å²) >= 11 is 0. The number of nitrogens with zero attached hydrogens (tertiary/aromatic N) is 6. The van der Waals surface area contributed by atoms with Crippen LogP contribution in [0.1, 0.15) is 11.3 Å². The standard InChI is InChI=1S/C21H18N6O/c1-14-4-6-16(28-17-7-5-15(10-22)23-11-17)8-19(14)27(3)21-9-20-18(12-24-21)25-13-26(20)2/h4-9,11-13H,1-3H3. The summed E-state index contributed by atoms with van der Waals surface area (Å²) < 4.78 is 7.87. The molecule has 0 amide bonds. The Balaban J connectivity index is 1.65. The second-order valence-electron chi connectivity index (χ2n) is 6.49. The van der Waals surface area contributed by atoms with Crippen LogP contribution in [0.5, 0.6) is 11.5 Å². The Morgan fingerprint density at radius 2 is 1.86 bits per heavy atom. The Bertz CT molecular complexity index is 1190. The quantitative estimate of drug-likeness (QED) is 0.538. The molecule has 1 aromatic carbocycles. The summed E-state index contributed by atoms with van der Waals surface area (Å²) in [6, 6.07) is 13.2. The number of hydrogen-bond acceptors (Lipinski definition) is 6. The van der Waals surface area contributed by atoms with Gasteiger partial charge in [0.25, 0.3) is 0 Å². The molecule has 28 heavy (non-hydrogen) atoms. The Labute approximate surface area is 162 Å². The number of benzene rings is 1. The third-order valence-corrected chi connectivity index (χ3v) is 4.57. The van der Waals surface area contributed by atoms with E-state index in [1.807, 2.05) is 60.8 Å². The molecule has 138 valence electrons. The highest BCUT2D eigenvalue weighted by Crippen LogP contribution is 2.32. The molecule has 3 heterocycles. The monoisotopic (exact) mass is 370 g/mol. The summed E-state index contributed by atoms with van der Waals surface area (Å²) in [7, 11) is 3.93. The van der Waals surface area contributed by atoms with Gasteiger partial charge >= 0.3 is 0 Å². The molecule has 0 spiro atoms. The summed E-state index contributed by atoms with van der Waals surface area (Å²) in [5.74, 6) is 2.07. The van der Waals surface area contributed by atoms with E-state index in [1.165, 1.54) is 0 Å². The van der Waals surface area contributed by atoms with E-state index in [1.54, 1.807) is 30.9 Å². The van der Waals surface area contributed by atoms with Gasteiger partial charge < -0.3 is 14.2 Å². The van der Waals surface area contributed by atoms with Crippen LogP contribution >= 0.6 is 0 Å². The first-order valence-corrected chi connectivity index (χ1v) is 8.70. The maximum atomic E-state index is 8.85. The molecule has 0 aliphatic heterocycles. The number of anilines is 2. The van der Waals surface area contributed by atoms with Crippen molar-refractivity contribution in [1.29, 1.82) is 5.26 Å². The lowest BCUT2D eigenvalue weighted by Gasteiger charge is -2.21. The number of hydrogen-bond donors (Lipinski definition) is 0. The van der Waals surface area contributed by atoms with Crippen molar-refractivity contribution in [2.24, 2.45) is 7.05 Å². The lowest BCUT2D eigenvalue weighted by atomic mass is 10.1. The third kappa shape index (κ3) is 3.23. The van der Waals surface area contributed by atoms with Crippen LogP contribution in [0, 0.1) is 18.3 Å². The maximum absolute atomic E-state index is 8.85. The summed E-state index contributed by atoms with van der Waals surface area (Å²) in [6.07, 6.45) is 5.10. The van der Waals surface area contributed by atoms with E-state index >= 15 is 0 Å². The number of aryl methyl sites for hydroxylation is 2. The molecule has 0 saturated carbocycles. The van der Waals surface area contributed by atoms with Gasteiger partial charge in [-0.15, -0.1) is 0 Å². The van der Waals surface area contributed by atoms with Crippen LogP contribution in [0.25, 0.3) is 11.0 Å². The topological polar surface area (TPSA) is 79.9 Å². The van der Waals surface area contributed by atoms with E-state index in [0.29, 0.717) is 17.2 Å². The molecule has 0 aliphatic rings. The van der Waals surface area contributed by atoms with Crippen LogP contribution in [0.3, 0.4) is 0 Å². The van der Waals surface area contributed by atoms with Crippen molar-refractivity contribution in [1.82, 2.24) is 19.5 Å². The van der Waals surface area contributed by atoms with Gasteiger partial charge in [0.1, 0.15) is 34.6 Å². The van der Waals surface area contributed by atoms with Crippen molar-refractivity contribution in [2.45, 2.75) is 6.92 Å². The van der Waals surface area contributed by atoms with Crippen LogP contribution in [0.15, 0.2) is 55.1 Å². The van der Waals surface area contributed by atoms with Gasteiger partial charge in [0.05, 0.1) is 24.2 Å². The number of imidazole rings is 1. The molecule has 0 N–H and O–H groups in total. The van der Waals surface area contributed by atoms with E-state index in [2.05, 4.69) is 15.0 Å². The van der Waals surface area contributed by atoms with E-state index in [-0.39, 0.29) is 0 Å². The van der Waals surface area contributed by atoms with E-state index < -0.39 is 0 Å². The smallest absolute Gasteiger partial charge is 0.145 e. The third-order valence-electron chi connectivity index (χ3n) is 4.57. The van der Waals surface area contributed by atoms with Crippen LogP contribution in [0.2, 0.25) is 0 Å². The van der Waals surface area contributed by atoms with Crippen LogP contribution < -0.4 is 9.64 Å². The van der Waals surface area contributed by atoms with Gasteiger partial charge in [-0.25, -0.2) is 15.0 Å². The second-order valence-corrected chi connectivity index (χ2v) is 6.49. The van der Waals surface area contributed by atoms with Gasteiger partial charge in [-0.05, 0) is 30.7 Å². The van der Waals surface area contributed by atoms with Crippen molar-refractivity contribution >= 4 is 22.5 Å². The number of nitriles is 1. The van der Waals surface area contributed by atoms with Gasteiger partial charge in [-0.1, -0.05) is 6.07 Å². The first-order valence-electron chi connectivity index (χ1n) is 8.70. The molecule has 0 radical (unpaired) electrons. The van der Waals surface area contributed by atoms with Crippen molar-refractivity contribution < 1.29 is 4.74 Å². The second kappa shape index (κ2) is 7.00. The van der Waals surface area contributed by atoms with Crippen LogP contribution in [-0.2, 0) is 7.05 Å². The van der Waals surface area contributed by atoms with E-state index in [0.717, 1.165) is 28.1 Å². The molecule has 0 fully saturated rings. The molecule has 0 atom stereocenters. The Hall–Kier alpha value is -3.92. The first-order chi connectivity index (χ1) is 13.5. The summed E-state index contributed by atoms with van der Waals surface area (Å²) in [4.78, 5) is 14.9. The maximum Gasteiger partial charge on any atom is 0.145 e. The molecular weight excluding hydrogens is 352 g/mol. The average Bonchev–Trinajstić information content (AvgIpc) is 3.10. The molecule has 0 aliphatic carbocycles. The van der Waals surface area contributed by atoms with E-state index in [9.17, 15) is 0 Å². The number of fused-ring (bicyclic) bond motifs is 1. The Kier molecular flexibility index (Phi) is 4.38. The van der Waals surface area contributed by atoms with Gasteiger partial charge in [0.15, 0.2) is 0 Å². The predicted octanol–water partition coefficient (Wildman–Crippen LogP) is 4.10. The van der Waals surface area contributed by atoms with Crippen molar-refractivity contribution in [3.05, 3.63) is 66.4 Å². The van der Waals surface area contributed by atoms with Gasteiger partial charge in [0.2, 0.25) is 0 Å². The molecule has 4 rings (SSSR count). The summed E-state index contributed by atoms with van der Waals surface area (Å²) in [6.45, 7) is 2.04. The molecular formula is C21H18N6O. The summed E-state index contributed by atoms with van der Waals surface area (Å²) in [5, 5.41) is 8.85. The molecule has 0 unspecified atom stereocenters. The molecule has 7 nitrogen and oxygen atoms in total. The minimum atomic E-state index is 0.355. The number of ether oxygens (including phenoxy) is 1. The fourth-order valence-electron chi connectivity index (χ4n) is 2.98. The van der Waals surface area contributed by atoms with Crippen LogP contribution in [-0.4, -0.2) is 26.6 Å². The van der Waals surface area contributed by atoms with Crippen molar-refractivity contribution in [3.8, 4) is 17.6 Å². The highest BCUT2D eigenvalue weighted by Gasteiger charge is 2.12. The largest absolute Gasteiger partial charge is 0.456 e. The minimum Gasteiger partial charge on any atom is -0.456 e. The highest BCUT2D eigenvalue weighted by atomic mass is 16.5. The number of aromatic nitrogens is 4. The van der Waals surface area contributed by atoms with Gasteiger partial charge in [0, 0.05) is 31.9 Å². The fraction of sp³-hybridized carbons (Fsp3) is 0.143. The fourth-order valence-corrected chi connectivity index (χ4v) is 2.98. The molecule has 0 bridgehead atoms. The Morgan fingerprint density at radius 3 is 2.61 bits per heavy atom. The number of pyridine rings is 2. The molecule has 3 aromatic heterocycles. The average molecular weight is 370 g/mol. The lowest BCUT2D eigenvalue weighted by Crippen LogP contribution is -2.12. The highest BCUT2D eigenvalue weighted by molar-refractivity contribution is 5.79. The molecule has 0 saturated heterocycles. The van der Waals surface area contributed by atoms with Gasteiger partial charge in [-0.2, -0.15) is 5.26 Å². The SMILES string of the molecule is Cc1ccc(Oc2ccc(C#N)nc2)cc1N(C)c1cc2c(cn1)ncn2C. The van der Waals surface area contributed by atoms with Crippen molar-refractivity contribution in [2.75, 3.05) is 11.9 Å². The molecule has 4 aromatic rings. The zero-order chi connectivity index (χ0) is 19.7. The zero-order valence-corrected chi connectivity index (χ0v) is 15.8. The molecule has 7 heteroatoms. The first kappa shape index (κ1) is 17.5. The predicted molar refractivity (Wildman–Crippen MR) is 107 cm³/mol. The summed E-state index contributed by atoms with van der Waals surface area (Å²) in [5.41, 5.74) is 4.31. The van der Waals surface area contributed by atoms with E-state index in [4.69, 9.17) is 10.00 Å². The minimum absolute atomic E-state index is 0.355.